The van der Waals surface area contributed by atoms with Gasteiger partial charge in [0.2, 0.25) is 0 Å². The molecule has 0 N–H and O–H groups in total. The second-order valence-electron chi connectivity index (χ2n) is 10.2. The molecule has 5 nitrogen and oxygen atoms in total. The van der Waals surface area contributed by atoms with E-state index in [1.165, 1.54) is 39.7 Å². The van der Waals surface area contributed by atoms with Crippen molar-refractivity contribution in [3.8, 4) is 5.69 Å². The first-order valence-corrected chi connectivity index (χ1v) is 14.3. The number of aliphatic imine (C=N–C) groups is 1. The topological polar surface area (TPSA) is 46.3 Å². The number of piperidine rings is 1. The van der Waals surface area contributed by atoms with Crippen LogP contribution in [0.25, 0.3) is 21.8 Å². The van der Waals surface area contributed by atoms with Crippen LogP contribution in [-0.4, -0.2) is 49.3 Å². The largest absolute Gasteiger partial charge is 0.349 e. The molecule has 1 spiro atoms. The second-order valence-corrected chi connectivity index (χ2v) is 12.0. The van der Waals surface area contributed by atoms with Gasteiger partial charge in [0.05, 0.1) is 28.5 Å². The number of amidine groups is 1. The Morgan fingerprint density at radius 3 is 2.75 bits per heavy atom. The van der Waals surface area contributed by atoms with Gasteiger partial charge in [0.25, 0.3) is 0 Å². The fourth-order valence-corrected chi connectivity index (χ4v) is 7.79. The lowest BCUT2D eigenvalue weighted by Gasteiger charge is -2.53. The summed E-state index contributed by atoms with van der Waals surface area (Å²) in [6, 6.07) is 11.7. The molecule has 4 aromatic rings. The highest BCUT2D eigenvalue weighted by atomic mass is 32.2. The molecule has 2 aromatic carbocycles. The van der Waals surface area contributed by atoms with Crippen LogP contribution in [0, 0.1) is 18.2 Å². The SMILES string of the molecule is Cc1cn(-c2ccc(/C=C3\CC4(CSC4)CN4C3=NCCC4c3ccc(F)cc3)c3cnsc23)cn1. The molecule has 5 heterocycles. The number of rotatable bonds is 3. The van der Waals surface area contributed by atoms with E-state index in [2.05, 4.69) is 43.2 Å². The number of hydrogen-bond donors (Lipinski definition) is 0. The first-order chi connectivity index (χ1) is 17.6. The van der Waals surface area contributed by atoms with Crippen molar-refractivity contribution < 1.29 is 4.39 Å². The van der Waals surface area contributed by atoms with Gasteiger partial charge in [-0.2, -0.15) is 16.1 Å². The van der Waals surface area contributed by atoms with E-state index in [1.807, 2.05) is 43.3 Å². The third kappa shape index (κ3) is 3.69. The van der Waals surface area contributed by atoms with E-state index in [1.54, 1.807) is 12.1 Å². The molecule has 2 saturated heterocycles. The average molecular weight is 516 g/mol. The summed E-state index contributed by atoms with van der Waals surface area (Å²) in [7, 11) is 0. The average Bonchev–Trinajstić information content (AvgIpc) is 3.53. The number of halogens is 1. The highest BCUT2D eigenvalue weighted by Crippen LogP contribution is 2.50. The lowest BCUT2D eigenvalue weighted by Crippen LogP contribution is -2.55. The highest BCUT2D eigenvalue weighted by molar-refractivity contribution is 8.00. The van der Waals surface area contributed by atoms with E-state index in [-0.39, 0.29) is 17.3 Å². The van der Waals surface area contributed by atoms with Crippen LogP contribution in [0.15, 0.2) is 65.7 Å². The van der Waals surface area contributed by atoms with Crippen molar-refractivity contribution in [1.29, 1.82) is 0 Å². The van der Waals surface area contributed by atoms with Gasteiger partial charge in [0.1, 0.15) is 11.7 Å². The Morgan fingerprint density at radius 1 is 1.14 bits per heavy atom. The molecule has 0 amide bonds. The maximum absolute atomic E-state index is 13.7. The van der Waals surface area contributed by atoms with Gasteiger partial charge in [-0.1, -0.05) is 18.2 Å². The first kappa shape index (κ1) is 22.2. The predicted octanol–water partition coefficient (Wildman–Crippen LogP) is 6.30. The lowest BCUT2D eigenvalue weighted by atomic mass is 9.77. The molecule has 2 fully saturated rings. The minimum Gasteiger partial charge on any atom is -0.349 e. The fraction of sp³-hybridized carbons (Fsp3) is 0.321. The van der Waals surface area contributed by atoms with Crippen LogP contribution in [0.1, 0.15) is 35.7 Å². The van der Waals surface area contributed by atoms with Crippen LogP contribution in [0.3, 0.4) is 0 Å². The number of benzene rings is 2. The third-order valence-corrected chi connectivity index (χ3v) is 10.1. The molecule has 0 aliphatic carbocycles. The van der Waals surface area contributed by atoms with Gasteiger partial charge in [0, 0.05) is 47.8 Å². The Labute approximate surface area is 217 Å². The minimum atomic E-state index is -0.183. The number of imidazole rings is 1. The monoisotopic (exact) mass is 515 g/mol. The Hall–Kier alpha value is -2.97. The maximum Gasteiger partial charge on any atom is 0.127 e. The summed E-state index contributed by atoms with van der Waals surface area (Å²) in [5.74, 6) is 3.29. The van der Waals surface area contributed by atoms with Crippen LogP contribution < -0.4 is 0 Å². The summed E-state index contributed by atoms with van der Waals surface area (Å²) < 4.78 is 21.4. The molecule has 0 saturated carbocycles. The van der Waals surface area contributed by atoms with Crippen molar-refractivity contribution in [3.63, 3.8) is 0 Å². The maximum atomic E-state index is 13.7. The van der Waals surface area contributed by atoms with Gasteiger partial charge in [-0.3, -0.25) is 4.99 Å². The van der Waals surface area contributed by atoms with Crippen molar-refractivity contribution in [2.24, 2.45) is 10.4 Å². The molecule has 0 radical (unpaired) electrons. The van der Waals surface area contributed by atoms with Crippen molar-refractivity contribution in [3.05, 3.63) is 83.3 Å². The first-order valence-electron chi connectivity index (χ1n) is 12.3. The normalized spacial score (nSPS) is 22.1. The minimum absolute atomic E-state index is 0.183. The zero-order valence-corrected chi connectivity index (χ0v) is 21.7. The van der Waals surface area contributed by atoms with Crippen LogP contribution in [0.5, 0.6) is 0 Å². The summed E-state index contributed by atoms with van der Waals surface area (Å²) in [5.41, 5.74) is 6.06. The third-order valence-electron chi connectivity index (χ3n) is 7.60. The number of nitrogens with zero attached hydrogens (tertiary/aromatic N) is 5. The molecule has 0 bridgehead atoms. The van der Waals surface area contributed by atoms with Crippen LogP contribution in [-0.2, 0) is 0 Å². The number of fused-ring (bicyclic) bond motifs is 2. The fourth-order valence-electron chi connectivity index (χ4n) is 5.82. The van der Waals surface area contributed by atoms with Gasteiger partial charge < -0.3 is 9.47 Å². The van der Waals surface area contributed by atoms with Gasteiger partial charge in [-0.25, -0.2) is 9.37 Å². The molecule has 3 aliphatic heterocycles. The number of hydrogen-bond acceptors (Lipinski definition) is 6. The molecular weight excluding hydrogens is 489 g/mol. The summed E-state index contributed by atoms with van der Waals surface area (Å²) in [6.07, 6.45) is 10.3. The van der Waals surface area contributed by atoms with E-state index >= 15 is 0 Å². The van der Waals surface area contributed by atoms with Gasteiger partial charge >= 0.3 is 0 Å². The van der Waals surface area contributed by atoms with Gasteiger partial charge in [0.15, 0.2) is 0 Å². The molecule has 36 heavy (non-hydrogen) atoms. The second kappa shape index (κ2) is 8.56. The van der Waals surface area contributed by atoms with E-state index in [9.17, 15) is 4.39 Å². The highest BCUT2D eigenvalue weighted by Gasteiger charge is 2.47. The molecule has 2 aromatic heterocycles. The summed E-state index contributed by atoms with van der Waals surface area (Å²) in [6.45, 7) is 3.82. The van der Waals surface area contributed by atoms with Crippen LogP contribution in [0.4, 0.5) is 4.39 Å². The van der Waals surface area contributed by atoms with E-state index in [0.29, 0.717) is 0 Å². The molecule has 1 unspecified atom stereocenters. The zero-order chi connectivity index (χ0) is 24.3. The number of aryl methyl sites for hydroxylation is 1. The Kier molecular flexibility index (Phi) is 5.29. The van der Waals surface area contributed by atoms with E-state index < -0.39 is 0 Å². The van der Waals surface area contributed by atoms with Crippen LogP contribution in [0.2, 0.25) is 0 Å². The summed E-state index contributed by atoms with van der Waals surface area (Å²) in [5, 5.41) is 1.16. The molecular formula is C28H26FN5S2. The quantitative estimate of drug-likeness (QED) is 0.321. The molecule has 7 rings (SSSR count). The predicted molar refractivity (Wildman–Crippen MR) is 147 cm³/mol. The molecule has 8 heteroatoms. The van der Waals surface area contributed by atoms with Crippen molar-refractivity contribution in [1.82, 2.24) is 18.8 Å². The van der Waals surface area contributed by atoms with Crippen LogP contribution >= 0.6 is 23.3 Å². The Bertz CT molecular complexity index is 1510. The van der Waals surface area contributed by atoms with Crippen molar-refractivity contribution in [2.75, 3.05) is 24.6 Å². The number of thioether (sulfide) groups is 1. The zero-order valence-electron chi connectivity index (χ0n) is 20.0. The van der Waals surface area contributed by atoms with E-state index in [4.69, 9.17) is 4.99 Å². The van der Waals surface area contributed by atoms with Gasteiger partial charge in [-0.15, -0.1) is 0 Å². The summed E-state index contributed by atoms with van der Waals surface area (Å²) >= 11 is 3.56. The molecule has 182 valence electrons. The van der Waals surface area contributed by atoms with Gasteiger partial charge in [-0.05, 0) is 72.3 Å². The standard InChI is InChI=1S/C28H26FN5S2/c1-18-13-33(17-31-18)25-7-4-20(23-12-32-36-26(23)25)10-21-11-28(15-35-16-28)14-34-24(8-9-30-27(21)34)19-2-5-22(29)6-3-19/h2-7,10,12-13,17,24H,8-9,11,14-16H2,1H3/b21-10+. The Morgan fingerprint density at radius 2 is 2.00 bits per heavy atom. The Balaban J connectivity index is 1.31. The van der Waals surface area contributed by atoms with Crippen molar-refractivity contribution in [2.45, 2.75) is 25.8 Å². The molecule has 1 atom stereocenters. The summed E-state index contributed by atoms with van der Waals surface area (Å²) in [4.78, 5) is 12.0. The van der Waals surface area contributed by atoms with Crippen molar-refractivity contribution >= 4 is 45.3 Å². The molecule has 3 aliphatic rings. The lowest BCUT2D eigenvalue weighted by molar-refractivity contribution is 0.174. The van der Waals surface area contributed by atoms with E-state index in [0.717, 1.165) is 53.2 Å². The smallest absolute Gasteiger partial charge is 0.127 e. The number of aromatic nitrogens is 3.